The molecule has 0 aliphatic carbocycles. The predicted molar refractivity (Wildman–Crippen MR) is 87.6 cm³/mol. The molecule has 2 saturated heterocycles. The van der Waals surface area contributed by atoms with Crippen molar-refractivity contribution in [1.82, 2.24) is 15.2 Å². The number of nitrogens with zero attached hydrogens (tertiary/aromatic N) is 2. The fraction of sp³-hybridized carbons (Fsp3) is 0.647. The van der Waals surface area contributed by atoms with Crippen molar-refractivity contribution in [3.05, 3.63) is 24.5 Å². The van der Waals surface area contributed by atoms with E-state index in [0.29, 0.717) is 6.54 Å². The largest absolute Gasteiger partial charge is 0.375 e. The standard InChI is InChI=1S/C17H26N4O/c22-17(13-20-16-2-1-7-19-12-16)21-10-5-15(6-11-21)14-3-8-18-9-4-14/h1-2,7,12,14-15,18,20H,3-6,8-11,13H2. The van der Waals surface area contributed by atoms with Gasteiger partial charge in [-0.05, 0) is 62.7 Å². The van der Waals surface area contributed by atoms with Crippen molar-refractivity contribution in [1.29, 1.82) is 0 Å². The first-order valence-corrected chi connectivity index (χ1v) is 8.45. The molecule has 0 saturated carbocycles. The lowest BCUT2D eigenvalue weighted by Crippen LogP contribution is -2.43. The minimum Gasteiger partial charge on any atom is -0.375 e. The molecule has 0 bridgehead atoms. The molecule has 2 aliphatic heterocycles. The van der Waals surface area contributed by atoms with Crippen LogP contribution in [0.4, 0.5) is 5.69 Å². The highest BCUT2D eigenvalue weighted by atomic mass is 16.2. The zero-order valence-corrected chi connectivity index (χ0v) is 13.1. The van der Waals surface area contributed by atoms with Gasteiger partial charge in [-0.3, -0.25) is 9.78 Å². The number of anilines is 1. The summed E-state index contributed by atoms with van der Waals surface area (Å²) in [6.07, 6.45) is 8.43. The number of likely N-dealkylation sites (tertiary alicyclic amines) is 1. The number of piperidine rings is 2. The van der Waals surface area contributed by atoms with Crippen molar-refractivity contribution < 1.29 is 4.79 Å². The zero-order chi connectivity index (χ0) is 15.2. The molecule has 2 aliphatic rings. The van der Waals surface area contributed by atoms with Gasteiger partial charge in [0.1, 0.15) is 0 Å². The molecule has 1 aromatic heterocycles. The van der Waals surface area contributed by atoms with Crippen LogP contribution in [0.1, 0.15) is 25.7 Å². The molecule has 120 valence electrons. The molecule has 1 aromatic rings. The van der Waals surface area contributed by atoms with Gasteiger partial charge in [-0.2, -0.15) is 0 Å². The summed E-state index contributed by atoms with van der Waals surface area (Å²) in [6.45, 7) is 4.53. The van der Waals surface area contributed by atoms with Gasteiger partial charge in [0.15, 0.2) is 0 Å². The number of amides is 1. The van der Waals surface area contributed by atoms with E-state index in [1.165, 1.54) is 38.8 Å². The molecule has 2 fully saturated rings. The van der Waals surface area contributed by atoms with Crippen LogP contribution >= 0.6 is 0 Å². The van der Waals surface area contributed by atoms with Crippen LogP contribution in [-0.4, -0.2) is 48.5 Å². The Morgan fingerprint density at radius 2 is 1.95 bits per heavy atom. The summed E-state index contributed by atoms with van der Waals surface area (Å²) in [7, 11) is 0. The summed E-state index contributed by atoms with van der Waals surface area (Å²) in [5, 5.41) is 6.59. The van der Waals surface area contributed by atoms with Crippen molar-refractivity contribution >= 4 is 11.6 Å². The van der Waals surface area contributed by atoms with E-state index in [0.717, 1.165) is 30.6 Å². The summed E-state index contributed by atoms with van der Waals surface area (Å²) >= 11 is 0. The van der Waals surface area contributed by atoms with Gasteiger partial charge in [0.25, 0.3) is 0 Å². The molecule has 22 heavy (non-hydrogen) atoms. The van der Waals surface area contributed by atoms with Crippen molar-refractivity contribution in [2.75, 3.05) is 38.0 Å². The lowest BCUT2D eigenvalue weighted by Gasteiger charge is -2.37. The summed E-state index contributed by atoms with van der Waals surface area (Å²) < 4.78 is 0. The number of carbonyl (C=O) groups excluding carboxylic acids is 1. The zero-order valence-electron chi connectivity index (χ0n) is 13.1. The fourth-order valence-corrected chi connectivity index (χ4v) is 3.69. The van der Waals surface area contributed by atoms with Gasteiger partial charge in [0.05, 0.1) is 12.2 Å². The maximum atomic E-state index is 12.3. The topological polar surface area (TPSA) is 57.3 Å². The van der Waals surface area contributed by atoms with Gasteiger partial charge in [-0.15, -0.1) is 0 Å². The molecule has 0 radical (unpaired) electrons. The van der Waals surface area contributed by atoms with Crippen molar-refractivity contribution in [2.24, 2.45) is 11.8 Å². The maximum Gasteiger partial charge on any atom is 0.241 e. The summed E-state index contributed by atoms with van der Waals surface area (Å²) in [4.78, 5) is 18.3. The van der Waals surface area contributed by atoms with E-state index in [9.17, 15) is 4.79 Å². The van der Waals surface area contributed by atoms with E-state index in [2.05, 4.69) is 15.6 Å². The number of carbonyl (C=O) groups is 1. The van der Waals surface area contributed by atoms with Crippen LogP contribution in [-0.2, 0) is 4.79 Å². The smallest absolute Gasteiger partial charge is 0.241 e. The Kier molecular flexibility index (Phi) is 5.27. The van der Waals surface area contributed by atoms with Crippen molar-refractivity contribution in [3.8, 4) is 0 Å². The van der Waals surface area contributed by atoms with E-state index >= 15 is 0 Å². The predicted octanol–water partition coefficient (Wildman–Crippen LogP) is 1.73. The van der Waals surface area contributed by atoms with Gasteiger partial charge in [-0.1, -0.05) is 0 Å². The SMILES string of the molecule is O=C(CNc1cccnc1)N1CCC(C2CCNCC2)CC1. The summed E-state index contributed by atoms with van der Waals surface area (Å²) in [5.41, 5.74) is 0.903. The van der Waals surface area contributed by atoms with Crippen LogP contribution in [0.25, 0.3) is 0 Å². The molecular formula is C17H26N4O. The molecule has 0 atom stereocenters. The first-order valence-electron chi connectivity index (χ1n) is 8.45. The van der Waals surface area contributed by atoms with Crippen LogP contribution in [0.3, 0.4) is 0 Å². The molecule has 5 heteroatoms. The Hall–Kier alpha value is -1.62. The van der Waals surface area contributed by atoms with E-state index in [1.54, 1.807) is 12.4 Å². The normalized spacial score (nSPS) is 20.8. The molecule has 0 aromatic carbocycles. The van der Waals surface area contributed by atoms with Crippen LogP contribution in [0.15, 0.2) is 24.5 Å². The Labute approximate surface area is 132 Å². The third-order valence-corrected chi connectivity index (χ3v) is 5.05. The Bertz CT molecular complexity index is 465. The van der Waals surface area contributed by atoms with Crippen LogP contribution in [0.5, 0.6) is 0 Å². The second-order valence-electron chi connectivity index (χ2n) is 6.40. The summed E-state index contributed by atoms with van der Waals surface area (Å²) in [5.74, 6) is 1.89. The first kappa shape index (κ1) is 15.3. The third-order valence-electron chi connectivity index (χ3n) is 5.05. The van der Waals surface area contributed by atoms with Gasteiger partial charge in [-0.25, -0.2) is 0 Å². The maximum absolute atomic E-state index is 12.3. The first-order chi connectivity index (χ1) is 10.8. The Morgan fingerprint density at radius 1 is 1.23 bits per heavy atom. The number of rotatable bonds is 4. The van der Waals surface area contributed by atoms with Gasteiger partial charge < -0.3 is 15.5 Å². The molecule has 2 N–H and O–H groups in total. The monoisotopic (exact) mass is 302 g/mol. The number of pyridine rings is 1. The fourth-order valence-electron chi connectivity index (χ4n) is 3.69. The number of hydrogen-bond acceptors (Lipinski definition) is 4. The highest BCUT2D eigenvalue weighted by molar-refractivity contribution is 5.80. The summed E-state index contributed by atoms with van der Waals surface area (Å²) in [6, 6.07) is 3.81. The number of aromatic nitrogens is 1. The second-order valence-corrected chi connectivity index (χ2v) is 6.40. The Balaban J connectivity index is 1.41. The van der Waals surface area contributed by atoms with E-state index < -0.39 is 0 Å². The average molecular weight is 302 g/mol. The molecule has 0 unspecified atom stereocenters. The van der Waals surface area contributed by atoms with Gasteiger partial charge in [0.2, 0.25) is 5.91 Å². The van der Waals surface area contributed by atoms with E-state index in [4.69, 9.17) is 0 Å². The highest BCUT2D eigenvalue weighted by Gasteiger charge is 2.28. The molecule has 1 amide bonds. The third kappa shape index (κ3) is 3.97. The lowest BCUT2D eigenvalue weighted by molar-refractivity contribution is -0.131. The lowest BCUT2D eigenvalue weighted by atomic mass is 9.79. The second kappa shape index (κ2) is 7.58. The molecule has 3 rings (SSSR count). The number of nitrogens with one attached hydrogen (secondary N) is 2. The van der Waals surface area contributed by atoms with Crippen molar-refractivity contribution in [3.63, 3.8) is 0 Å². The van der Waals surface area contributed by atoms with Gasteiger partial charge >= 0.3 is 0 Å². The Morgan fingerprint density at radius 3 is 2.64 bits per heavy atom. The average Bonchev–Trinajstić information content (AvgIpc) is 2.61. The minimum atomic E-state index is 0.201. The van der Waals surface area contributed by atoms with Crippen LogP contribution < -0.4 is 10.6 Å². The van der Waals surface area contributed by atoms with Gasteiger partial charge in [0, 0.05) is 25.5 Å². The molecule has 5 nitrogen and oxygen atoms in total. The highest BCUT2D eigenvalue weighted by Crippen LogP contribution is 2.30. The van der Waals surface area contributed by atoms with E-state index in [-0.39, 0.29) is 5.91 Å². The van der Waals surface area contributed by atoms with E-state index in [1.807, 2.05) is 17.0 Å². The number of hydrogen-bond donors (Lipinski definition) is 2. The molecular weight excluding hydrogens is 276 g/mol. The quantitative estimate of drug-likeness (QED) is 0.889. The molecule has 3 heterocycles. The van der Waals surface area contributed by atoms with Crippen LogP contribution in [0.2, 0.25) is 0 Å². The van der Waals surface area contributed by atoms with Crippen molar-refractivity contribution in [2.45, 2.75) is 25.7 Å². The minimum absolute atomic E-state index is 0.201. The van der Waals surface area contributed by atoms with Crippen LogP contribution in [0, 0.1) is 11.8 Å². The molecule has 0 spiro atoms.